The highest BCUT2D eigenvalue weighted by atomic mass is 16.4. The molecular weight excluding hydrogens is 472 g/mol. The zero-order valence-electron chi connectivity index (χ0n) is 22.5. The van der Waals surface area contributed by atoms with Crippen LogP contribution in [0.25, 0.3) is 33.6 Å². The average Bonchev–Trinajstić information content (AvgIpc) is 3.26. The van der Waals surface area contributed by atoms with Crippen molar-refractivity contribution in [3.8, 4) is 33.6 Å². The largest absolute Gasteiger partial charge is 0.465 e. The molecule has 0 radical (unpaired) electrons. The third-order valence-corrected chi connectivity index (χ3v) is 8.12. The number of fused-ring (bicyclic) bond motifs is 3. The normalized spacial score (nSPS) is 15.8. The number of pyridine rings is 1. The number of H-pyrrole nitrogens is 1. The van der Waals surface area contributed by atoms with Crippen LogP contribution in [0, 0.1) is 6.92 Å². The third-order valence-electron chi connectivity index (χ3n) is 8.12. The SMILES string of the molecule is Cc1nc2c([nH]1)CCc1nc(-c3ccc(C4(N(C(=O)O)C(C)(C)C)CCC4)cc3)c(-c3ccccc3)cc1-2. The lowest BCUT2D eigenvalue weighted by Crippen LogP contribution is -2.60. The lowest BCUT2D eigenvalue weighted by atomic mass is 9.69. The van der Waals surface area contributed by atoms with Crippen molar-refractivity contribution < 1.29 is 9.90 Å². The molecule has 1 saturated carbocycles. The Balaban J connectivity index is 1.46. The molecule has 0 spiro atoms. The Morgan fingerprint density at radius 3 is 2.24 bits per heavy atom. The monoisotopic (exact) mass is 506 g/mol. The van der Waals surface area contributed by atoms with E-state index in [0.29, 0.717) is 0 Å². The van der Waals surface area contributed by atoms with Gasteiger partial charge in [-0.15, -0.1) is 0 Å². The molecule has 4 aromatic rings. The minimum Gasteiger partial charge on any atom is -0.465 e. The van der Waals surface area contributed by atoms with Crippen molar-refractivity contribution in [3.05, 3.63) is 83.4 Å². The average molecular weight is 507 g/mol. The summed E-state index contributed by atoms with van der Waals surface area (Å²) in [6, 6.07) is 21.1. The zero-order chi connectivity index (χ0) is 26.7. The molecule has 2 N–H and O–H groups in total. The first-order valence-electron chi connectivity index (χ1n) is 13.5. The minimum atomic E-state index is -0.864. The Hall–Kier alpha value is -3.93. The van der Waals surface area contributed by atoms with Gasteiger partial charge in [0.05, 0.1) is 22.6 Å². The van der Waals surface area contributed by atoms with Gasteiger partial charge in [0.25, 0.3) is 0 Å². The molecule has 2 heterocycles. The van der Waals surface area contributed by atoms with Crippen molar-refractivity contribution in [3.63, 3.8) is 0 Å². The molecule has 0 aliphatic heterocycles. The van der Waals surface area contributed by atoms with Crippen LogP contribution in [0.2, 0.25) is 0 Å². The van der Waals surface area contributed by atoms with Crippen molar-refractivity contribution in [1.82, 2.24) is 19.9 Å². The van der Waals surface area contributed by atoms with Gasteiger partial charge in [0.2, 0.25) is 0 Å². The summed E-state index contributed by atoms with van der Waals surface area (Å²) in [5, 5.41) is 10.2. The van der Waals surface area contributed by atoms with Crippen molar-refractivity contribution >= 4 is 6.09 Å². The van der Waals surface area contributed by atoms with Crippen molar-refractivity contribution in [2.75, 3.05) is 0 Å². The highest BCUT2D eigenvalue weighted by Gasteiger charge is 2.50. The van der Waals surface area contributed by atoms with Crippen LogP contribution in [0.3, 0.4) is 0 Å². The topological polar surface area (TPSA) is 82.1 Å². The van der Waals surface area contributed by atoms with Gasteiger partial charge in [0.1, 0.15) is 5.82 Å². The summed E-state index contributed by atoms with van der Waals surface area (Å²) in [5.74, 6) is 0.930. The summed E-state index contributed by atoms with van der Waals surface area (Å²) in [4.78, 5) is 27.5. The molecule has 194 valence electrons. The predicted octanol–water partition coefficient (Wildman–Crippen LogP) is 7.37. The smallest absolute Gasteiger partial charge is 0.408 e. The van der Waals surface area contributed by atoms with Crippen LogP contribution < -0.4 is 0 Å². The summed E-state index contributed by atoms with van der Waals surface area (Å²) in [7, 11) is 0. The molecule has 2 aliphatic carbocycles. The summed E-state index contributed by atoms with van der Waals surface area (Å²) in [6.45, 7) is 7.93. The summed E-state index contributed by atoms with van der Waals surface area (Å²) >= 11 is 0. The minimum absolute atomic E-state index is 0.484. The Bertz CT molecular complexity index is 1510. The second kappa shape index (κ2) is 8.83. The van der Waals surface area contributed by atoms with E-state index in [0.717, 1.165) is 82.8 Å². The maximum Gasteiger partial charge on any atom is 0.408 e. The van der Waals surface area contributed by atoms with Crippen LogP contribution >= 0.6 is 0 Å². The van der Waals surface area contributed by atoms with E-state index in [1.807, 2.05) is 33.8 Å². The summed E-state index contributed by atoms with van der Waals surface area (Å²) < 4.78 is 0. The number of nitrogens with zero attached hydrogens (tertiary/aromatic N) is 3. The van der Waals surface area contributed by atoms with Gasteiger partial charge in [-0.1, -0.05) is 54.6 Å². The van der Waals surface area contributed by atoms with E-state index in [-0.39, 0.29) is 0 Å². The first-order chi connectivity index (χ1) is 18.2. The van der Waals surface area contributed by atoms with E-state index in [4.69, 9.17) is 9.97 Å². The number of hydrogen-bond acceptors (Lipinski definition) is 3. The second-order valence-corrected chi connectivity index (χ2v) is 11.6. The van der Waals surface area contributed by atoms with E-state index in [2.05, 4.69) is 59.6 Å². The zero-order valence-corrected chi connectivity index (χ0v) is 22.5. The standard InChI is InChI=1S/C32H34N4O2/c1-20-33-27-16-15-26-25(29(27)34-20)19-24(21-9-6-5-7-10-21)28(35-26)22-11-13-23(14-12-22)32(17-8-18-32)36(30(37)38)31(2,3)4/h5-7,9-14,19H,8,15-18H2,1-4H3,(H,33,34)(H,37,38). The van der Waals surface area contributed by atoms with E-state index in [1.165, 1.54) is 5.69 Å². The number of carbonyl (C=O) groups is 1. The number of aromatic amines is 1. The van der Waals surface area contributed by atoms with Gasteiger partial charge < -0.3 is 10.1 Å². The molecule has 0 bridgehead atoms. The molecule has 0 unspecified atom stereocenters. The van der Waals surface area contributed by atoms with E-state index >= 15 is 0 Å². The lowest BCUT2D eigenvalue weighted by molar-refractivity contribution is -0.0328. The Kier molecular flexibility index (Phi) is 5.67. The number of hydrogen-bond donors (Lipinski definition) is 2. The molecule has 2 aromatic heterocycles. The van der Waals surface area contributed by atoms with Crippen LogP contribution in [0.1, 0.15) is 62.8 Å². The fourth-order valence-corrected chi connectivity index (χ4v) is 6.40. The molecule has 6 nitrogen and oxygen atoms in total. The number of aromatic nitrogens is 3. The number of amides is 1. The van der Waals surface area contributed by atoms with E-state index in [1.54, 1.807) is 4.90 Å². The number of imidazole rings is 1. The van der Waals surface area contributed by atoms with Crippen molar-refractivity contribution in [1.29, 1.82) is 0 Å². The molecule has 6 rings (SSSR count). The Labute approximate surface area is 223 Å². The third kappa shape index (κ3) is 3.90. The lowest BCUT2D eigenvalue weighted by Gasteiger charge is -2.54. The van der Waals surface area contributed by atoms with Gasteiger partial charge >= 0.3 is 6.09 Å². The maximum atomic E-state index is 12.4. The highest BCUT2D eigenvalue weighted by Crippen LogP contribution is 2.50. The molecule has 0 atom stereocenters. The fourth-order valence-electron chi connectivity index (χ4n) is 6.40. The summed E-state index contributed by atoms with van der Waals surface area (Å²) in [5.41, 5.74) is 8.62. The molecule has 38 heavy (non-hydrogen) atoms. The number of rotatable bonds is 4. The molecule has 0 saturated heterocycles. The van der Waals surface area contributed by atoms with Crippen LogP contribution in [0.5, 0.6) is 0 Å². The maximum absolute atomic E-state index is 12.4. The predicted molar refractivity (Wildman–Crippen MR) is 150 cm³/mol. The number of nitrogens with one attached hydrogen (secondary N) is 1. The van der Waals surface area contributed by atoms with E-state index in [9.17, 15) is 9.90 Å². The molecule has 1 fully saturated rings. The van der Waals surface area contributed by atoms with Crippen LogP contribution in [-0.4, -0.2) is 36.6 Å². The number of carboxylic acid groups (broad SMARTS) is 1. The van der Waals surface area contributed by atoms with Gasteiger partial charge in [-0.05, 0) is 77.0 Å². The Morgan fingerprint density at radius 2 is 1.63 bits per heavy atom. The first-order valence-corrected chi connectivity index (χ1v) is 13.5. The van der Waals surface area contributed by atoms with Crippen LogP contribution in [0.15, 0.2) is 60.7 Å². The molecule has 6 heteroatoms. The van der Waals surface area contributed by atoms with Crippen molar-refractivity contribution in [2.24, 2.45) is 0 Å². The van der Waals surface area contributed by atoms with E-state index < -0.39 is 17.2 Å². The number of benzene rings is 2. The van der Waals surface area contributed by atoms with Gasteiger partial charge in [-0.25, -0.2) is 9.78 Å². The second-order valence-electron chi connectivity index (χ2n) is 11.6. The van der Waals surface area contributed by atoms with Crippen LogP contribution in [-0.2, 0) is 18.4 Å². The van der Waals surface area contributed by atoms with Crippen molar-refractivity contribution in [2.45, 2.75) is 70.9 Å². The quantitative estimate of drug-likeness (QED) is 0.303. The van der Waals surface area contributed by atoms with Gasteiger partial charge in [-0.2, -0.15) is 0 Å². The molecular formula is C32H34N4O2. The first kappa shape index (κ1) is 24.4. The van der Waals surface area contributed by atoms with Gasteiger partial charge in [0.15, 0.2) is 0 Å². The molecule has 1 amide bonds. The van der Waals surface area contributed by atoms with Crippen LogP contribution in [0.4, 0.5) is 4.79 Å². The van der Waals surface area contributed by atoms with Gasteiger partial charge in [-0.3, -0.25) is 9.88 Å². The summed E-state index contributed by atoms with van der Waals surface area (Å²) in [6.07, 6.45) is 3.62. The molecule has 2 aliphatic rings. The Morgan fingerprint density at radius 1 is 0.921 bits per heavy atom. The molecule has 2 aromatic carbocycles. The van der Waals surface area contributed by atoms with Gasteiger partial charge in [0, 0.05) is 27.9 Å². The highest BCUT2D eigenvalue weighted by molar-refractivity contribution is 5.85. The fraction of sp³-hybridized carbons (Fsp3) is 0.344. The number of aryl methyl sites for hydroxylation is 3.